The molecule has 0 saturated heterocycles. The largest absolute Gasteiger partial charge is 0.370 e. The maximum Gasteiger partial charge on any atom is 0.0981 e. The molecule has 0 aromatic heterocycles. The van der Waals surface area contributed by atoms with Crippen molar-refractivity contribution in [3.8, 4) is 0 Å². The first-order chi connectivity index (χ1) is 10.4. The van der Waals surface area contributed by atoms with Crippen LogP contribution in [0.5, 0.6) is 0 Å². The highest BCUT2D eigenvalue weighted by molar-refractivity contribution is 4.94. The van der Waals surface area contributed by atoms with Crippen molar-refractivity contribution < 1.29 is 0 Å². The average Bonchev–Trinajstić information content (AvgIpc) is 2.92. The average molecular weight is 293 g/mol. The maximum absolute atomic E-state index is 5.62. The molecule has 0 aromatic rings. The lowest BCUT2D eigenvalue weighted by Crippen LogP contribution is -2.37. The van der Waals surface area contributed by atoms with Crippen molar-refractivity contribution in [1.82, 2.24) is 10.2 Å². The quantitative estimate of drug-likeness (QED) is 0.374. The number of hydrogen-bond acceptors (Lipinski definition) is 3. The first-order valence-corrected chi connectivity index (χ1v) is 8.88. The van der Waals surface area contributed by atoms with Crippen molar-refractivity contribution in [3.05, 3.63) is 25.1 Å². The molecule has 3 N–H and O–H groups in total. The molecule has 0 aromatic carbocycles. The van der Waals surface area contributed by atoms with E-state index in [0.717, 1.165) is 13.1 Å². The third-order valence-electron chi connectivity index (χ3n) is 4.23. The minimum atomic E-state index is 0.485. The van der Waals surface area contributed by atoms with E-state index >= 15 is 0 Å². The Bertz CT molecular complexity index is 276. The molecular weight excluding hydrogens is 258 g/mol. The zero-order valence-corrected chi connectivity index (χ0v) is 13.7. The summed E-state index contributed by atoms with van der Waals surface area (Å²) < 4.78 is 0. The van der Waals surface area contributed by atoms with E-state index < -0.39 is 0 Å². The first kappa shape index (κ1) is 18.1. The van der Waals surface area contributed by atoms with Crippen molar-refractivity contribution in [2.75, 3.05) is 13.1 Å². The first-order valence-electron chi connectivity index (χ1n) is 8.88. The number of nitrogens with zero attached hydrogens (tertiary/aromatic N) is 1. The number of nitrogens with two attached hydrogens (primary N) is 1. The van der Waals surface area contributed by atoms with Crippen LogP contribution in [0.2, 0.25) is 0 Å². The fourth-order valence-corrected chi connectivity index (χ4v) is 2.94. The SMILES string of the molecule is C=CCCCCCCCCCCCC1NC=CN1CCN. The van der Waals surface area contributed by atoms with Crippen LogP contribution in [-0.2, 0) is 0 Å². The van der Waals surface area contributed by atoms with E-state index in [9.17, 15) is 0 Å². The second-order valence-electron chi connectivity index (χ2n) is 6.07. The molecule has 3 nitrogen and oxygen atoms in total. The molecule has 0 fully saturated rings. The Morgan fingerprint density at radius 1 is 1.00 bits per heavy atom. The fourth-order valence-electron chi connectivity index (χ4n) is 2.94. The molecule has 1 atom stereocenters. The second-order valence-corrected chi connectivity index (χ2v) is 6.07. The summed E-state index contributed by atoms with van der Waals surface area (Å²) >= 11 is 0. The van der Waals surface area contributed by atoms with Crippen LogP contribution in [0.3, 0.4) is 0 Å². The molecule has 21 heavy (non-hydrogen) atoms. The molecule has 0 saturated carbocycles. The number of nitrogens with one attached hydrogen (secondary N) is 1. The van der Waals surface area contributed by atoms with E-state index in [0.29, 0.717) is 6.17 Å². The van der Waals surface area contributed by atoms with Gasteiger partial charge in [0.05, 0.1) is 6.17 Å². The lowest BCUT2D eigenvalue weighted by atomic mass is 10.1. The zero-order valence-electron chi connectivity index (χ0n) is 13.7. The van der Waals surface area contributed by atoms with E-state index in [1.54, 1.807) is 0 Å². The van der Waals surface area contributed by atoms with Crippen molar-refractivity contribution in [2.24, 2.45) is 5.73 Å². The fraction of sp³-hybridized carbons (Fsp3) is 0.778. The Labute approximate surface area is 131 Å². The summed E-state index contributed by atoms with van der Waals surface area (Å²) in [5.74, 6) is 0. The highest BCUT2D eigenvalue weighted by atomic mass is 15.3. The van der Waals surface area contributed by atoms with Gasteiger partial charge in [0.25, 0.3) is 0 Å². The van der Waals surface area contributed by atoms with E-state index in [2.05, 4.69) is 23.0 Å². The molecule has 0 spiro atoms. The van der Waals surface area contributed by atoms with Gasteiger partial charge in [0.15, 0.2) is 0 Å². The smallest absolute Gasteiger partial charge is 0.0981 e. The second kappa shape index (κ2) is 12.8. The maximum atomic E-state index is 5.62. The van der Waals surface area contributed by atoms with Crippen molar-refractivity contribution in [2.45, 2.75) is 76.8 Å². The van der Waals surface area contributed by atoms with Gasteiger partial charge in [-0.2, -0.15) is 0 Å². The van der Waals surface area contributed by atoms with Crippen LogP contribution >= 0.6 is 0 Å². The standard InChI is InChI=1S/C18H35N3/c1-2-3-4-5-6-7-8-9-10-11-12-13-18-20-15-17-21(18)16-14-19/h2,15,17-18,20H,1,3-14,16,19H2. The molecule has 1 aliphatic rings. The summed E-state index contributed by atoms with van der Waals surface area (Å²) in [4.78, 5) is 2.32. The Morgan fingerprint density at radius 2 is 1.62 bits per heavy atom. The van der Waals surface area contributed by atoms with Gasteiger partial charge >= 0.3 is 0 Å². The predicted octanol–water partition coefficient (Wildman–Crippen LogP) is 4.12. The van der Waals surface area contributed by atoms with Gasteiger partial charge in [-0.1, -0.05) is 51.0 Å². The lowest BCUT2D eigenvalue weighted by Gasteiger charge is -2.25. The van der Waals surface area contributed by atoms with Crippen LogP contribution in [0, 0.1) is 0 Å². The Balaban J connectivity index is 1.83. The van der Waals surface area contributed by atoms with Gasteiger partial charge in [-0.3, -0.25) is 0 Å². The van der Waals surface area contributed by atoms with Gasteiger partial charge in [-0.25, -0.2) is 0 Å². The summed E-state index contributed by atoms with van der Waals surface area (Å²) in [5, 5.41) is 3.41. The van der Waals surface area contributed by atoms with Crippen LogP contribution < -0.4 is 11.1 Å². The topological polar surface area (TPSA) is 41.3 Å². The van der Waals surface area contributed by atoms with Crippen LogP contribution in [0.25, 0.3) is 0 Å². The third kappa shape index (κ3) is 8.82. The Morgan fingerprint density at radius 3 is 2.24 bits per heavy atom. The predicted molar refractivity (Wildman–Crippen MR) is 92.8 cm³/mol. The number of hydrogen-bond donors (Lipinski definition) is 2. The molecule has 0 amide bonds. The van der Waals surface area contributed by atoms with Crippen LogP contribution in [-0.4, -0.2) is 24.2 Å². The highest BCUT2D eigenvalue weighted by Crippen LogP contribution is 2.15. The normalized spacial score (nSPS) is 17.2. The van der Waals surface area contributed by atoms with Crippen molar-refractivity contribution in [3.63, 3.8) is 0 Å². The van der Waals surface area contributed by atoms with Gasteiger partial charge in [-0.15, -0.1) is 6.58 Å². The summed E-state index contributed by atoms with van der Waals surface area (Å²) in [6.07, 6.45) is 21.5. The lowest BCUT2D eigenvalue weighted by molar-refractivity contribution is 0.264. The van der Waals surface area contributed by atoms with Gasteiger partial charge < -0.3 is 16.0 Å². The van der Waals surface area contributed by atoms with Gasteiger partial charge in [0.2, 0.25) is 0 Å². The highest BCUT2D eigenvalue weighted by Gasteiger charge is 2.16. The van der Waals surface area contributed by atoms with Gasteiger partial charge in [0.1, 0.15) is 0 Å². The van der Waals surface area contributed by atoms with Crippen LogP contribution in [0.15, 0.2) is 25.1 Å². The number of rotatable bonds is 14. The molecule has 1 heterocycles. The molecule has 1 aliphatic heterocycles. The van der Waals surface area contributed by atoms with Crippen molar-refractivity contribution >= 4 is 0 Å². The summed E-state index contributed by atoms with van der Waals surface area (Å²) in [5.41, 5.74) is 5.62. The molecule has 0 bridgehead atoms. The molecule has 0 radical (unpaired) electrons. The Hall–Kier alpha value is -0.960. The number of allylic oxidation sites excluding steroid dienone is 1. The summed E-state index contributed by atoms with van der Waals surface area (Å²) in [7, 11) is 0. The molecular formula is C18H35N3. The molecule has 1 unspecified atom stereocenters. The number of unbranched alkanes of at least 4 members (excludes halogenated alkanes) is 9. The van der Waals surface area contributed by atoms with E-state index in [1.807, 2.05) is 12.3 Å². The molecule has 122 valence electrons. The van der Waals surface area contributed by atoms with Gasteiger partial charge in [-0.05, 0) is 25.7 Å². The molecule has 1 rings (SSSR count). The third-order valence-corrected chi connectivity index (χ3v) is 4.23. The van der Waals surface area contributed by atoms with Crippen molar-refractivity contribution in [1.29, 1.82) is 0 Å². The minimum Gasteiger partial charge on any atom is -0.370 e. The summed E-state index contributed by atoms with van der Waals surface area (Å²) in [6, 6.07) is 0. The van der Waals surface area contributed by atoms with Gasteiger partial charge in [0, 0.05) is 25.5 Å². The zero-order chi connectivity index (χ0) is 15.2. The summed E-state index contributed by atoms with van der Waals surface area (Å²) in [6.45, 7) is 5.45. The van der Waals surface area contributed by atoms with E-state index in [1.165, 1.54) is 70.6 Å². The van der Waals surface area contributed by atoms with Crippen LogP contribution in [0.1, 0.15) is 70.6 Å². The monoisotopic (exact) mass is 293 g/mol. The van der Waals surface area contributed by atoms with E-state index in [-0.39, 0.29) is 0 Å². The molecule has 3 heteroatoms. The van der Waals surface area contributed by atoms with Crippen LogP contribution in [0.4, 0.5) is 0 Å². The van der Waals surface area contributed by atoms with E-state index in [4.69, 9.17) is 5.73 Å². The Kier molecular flexibility index (Phi) is 11.0. The molecule has 0 aliphatic carbocycles. The minimum absolute atomic E-state index is 0.485.